The largest absolute Gasteiger partial charge is 0.135 e. The summed E-state index contributed by atoms with van der Waals surface area (Å²) in [4.78, 5) is 0. The third-order valence-corrected chi connectivity index (χ3v) is 12.6. The van der Waals surface area contributed by atoms with Gasteiger partial charge in [-0.1, -0.05) is 170 Å². The van der Waals surface area contributed by atoms with Crippen LogP contribution in [-0.2, 0) is 5.41 Å². The molecule has 0 radical (unpaired) electrons. The Hall–Kier alpha value is -6.28. The quantitative estimate of drug-likeness (QED) is 0.163. The van der Waals surface area contributed by atoms with E-state index in [4.69, 9.17) is 0 Å². The minimum atomic E-state index is -0.514. The molecule has 11 rings (SSSR count). The van der Waals surface area contributed by atoms with E-state index in [9.17, 15) is 0 Å². The second-order valence-electron chi connectivity index (χ2n) is 14.0. The number of fused-ring (bicyclic) bond motifs is 9. The Kier molecular flexibility index (Phi) is 6.44. The summed E-state index contributed by atoms with van der Waals surface area (Å²) in [6.07, 6.45) is 0. The highest BCUT2D eigenvalue weighted by Gasteiger charge is 2.46. The first kappa shape index (κ1) is 29.5. The molecule has 1 aliphatic rings. The van der Waals surface area contributed by atoms with Crippen LogP contribution in [0.15, 0.2) is 194 Å². The molecule has 0 N–H and O–H groups in total. The van der Waals surface area contributed by atoms with Crippen molar-refractivity contribution in [3.8, 4) is 33.4 Å². The van der Waals surface area contributed by atoms with Gasteiger partial charge in [-0.25, -0.2) is 0 Å². The van der Waals surface area contributed by atoms with Gasteiger partial charge in [0.05, 0.1) is 5.41 Å². The first-order valence-electron chi connectivity index (χ1n) is 18.0. The van der Waals surface area contributed by atoms with Crippen LogP contribution >= 0.6 is 11.3 Å². The van der Waals surface area contributed by atoms with Crippen LogP contribution in [-0.4, -0.2) is 0 Å². The summed E-state index contributed by atoms with van der Waals surface area (Å²) in [5.41, 5.74) is 12.3. The first-order chi connectivity index (χ1) is 25.8. The lowest BCUT2D eigenvalue weighted by Gasteiger charge is -2.34. The van der Waals surface area contributed by atoms with Crippen LogP contribution in [0, 0.1) is 0 Å². The molecule has 1 heterocycles. The lowest BCUT2D eigenvalue weighted by molar-refractivity contribution is 0.769. The van der Waals surface area contributed by atoms with Gasteiger partial charge in [-0.15, -0.1) is 11.3 Å². The zero-order valence-corrected chi connectivity index (χ0v) is 29.2. The molecule has 0 saturated heterocycles. The summed E-state index contributed by atoms with van der Waals surface area (Å²) in [7, 11) is 0. The van der Waals surface area contributed by atoms with E-state index in [1.54, 1.807) is 0 Å². The Bertz CT molecular complexity index is 2960. The second-order valence-corrected chi connectivity index (χ2v) is 15.0. The van der Waals surface area contributed by atoms with Gasteiger partial charge < -0.3 is 0 Å². The first-order valence-corrected chi connectivity index (χ1v) is 18.8. The molecule has 0 unspecified atom stereocenters. The van der Waals surface area contributed by atoms with E-state index in [1.165, 1.54) is 97.4 Å². The van der Waals surface area contributed by atoms with Gasteiger partial charge in [-0.2, -0.15) is 0 Å². The van der Waals surface area contributed by atoms with Crippen molar-refractivity contribution >= 4 is 53.1 Å². The van der Waals surface area contributed by atoms with Gasteiger partial charge in [-0.05, 0) is 101 Å². The van der Waals surface area contributed by atoms with Crippen molar-refractivity contribution in [2.75, 3.05) is 0 Å². The maximum atomic E-state index is 2.50. The lowest BCUT2D eigenvalue weighted by Crippen LogP contribution is -2.28. The van der Waals surface area contributed by atoms with E-state index >= 15 is 0 Å². The van der Waals surface area contributed by atoms with Crippen LogP contribution < -0.4 is 0 Å². The highest BCUT2D eigenvalue weighted by molar-refractivity contribution is 7.26. The van der Waals surface area contributed by atoms with E-state index in [2.05, 4.69) is 194 Å². The standard InChI is InChI=1S/C51H32S/c1-3-15-36(16-4-1)51(37-17-5-2-6-18-37)47-31-34(39-23-13-24-45-44-22-11-12-25-49(44)52-50(39)45)26-28-42(47)43-29-27-35(32-48(43)51)46-30-33-14-7-8-19-38(33)40-20-9-10-21-41(40)46/h1-32H. The monoisotopic (exact) mass is 676 g/mol. The van der Waals surface area contributed by atoms with Crippen molar-refractivity contribution in [2.24, 2.45) is 0 Å². The number of thiophene rings is 1. The molecule has 0 fully saturated rings. The van der Waals surface area contributed by atoms with Crippen molar-refractivity contribution < 1.29 is 0 Å². The summed E-state index contributed by atoms with van der Waals surface area (Å²) in [5, 5.41) is 7.77. The van der Waals surface area contributed by atoms with Crippen LogP contribution in [0.2, 0.25) is 0 Å². The molecule has 0 bridgehead atoms. The van der Waals surface area contributed by atoms with Gasteiger partial charge in [0.15, 0.2) is 0 Å². The van der Waals surface area contributed by atoms with Crippen molar-refractivity contribution in [3.63, 3.8) is 0 Å². The van der Waals surface area contributed by atoms with Crippen molar-refractivity contribution in [3.05, 3.63) is 216 Å². The molecular weight excluding hydrogens is 645 g/mol. The van der Waals surface area contributed by atoms with Gasteiger partial charge in [0, 0.05) is 20.2 Å². The van der Waals surface area contributed by atoms with Gasteiger partial charge in [0.1, 0.15) is 0 Å². The molecule has 0 aliphatic heterocycles. The molecule has 1 heteroatoms. The topological polar surface area (TPSA) is 0 Å². The molecule has 242 valence electrons. The van der Waals surface area contributed by atoms with Crippen molar-refractivity contribution in [1.29, 1.82) is 0 Å². The molecule has 1 aromatic heterocycles. The summed E-state index contributed by atoms with van der Waals surface area (Å²) in [6.45, 7) is 0. The normalized spacial score (nSPS) is 13.2. The third kappa shape index (κ3) is 4.15. The zero-order chi connectivity index (χ0) is 34.2. The fourth-order valence-electron chi connectivity index (χ4n) is 9.09. The van der Waals surface area contributed by atoms with E-state index in [0.29, 0.717) is 0 Å². The van der Waals surface area contributed by atoms with Gasteiger partial charge in [0.2, 0.25) is 0 Å². The fourth-order valence-corrected chi connectivity index (χ4v) is 10.3. The van der Waals surface area contributed by atoms with Crippen LogP contribution in [0.5, 0.6) is 0 Å². The Morgan fingerprint density at radius 2 is 0.865 bits per heavy atom. The molecule has 10 aromatic rings. The smallest absolute Gasteiger partial charge is 0.0713 e. The lowest BCUT2D eigenvalue weighted by atomic mass is 9.67. The summed E-state index contributed by atoms with van der Waals surface area (Å²) < 4.78 is 2.67. The summed E-state index contributed by atoms with van der Waals surface area (Å²) in [5.74, 6) is 0. The number of rotatable bonds is 4. The highest BCUT2D eigenvalue weighted by atomic mass is 32.1. The van der Waals surface area contributed by atoms with Crippen molar-refractivity contribution in [2.45, 2.75) is 5.41 Å². The molecule has 0 atom stereocenters. The van der Waals surface area contributed by atoms with Crippen LogP contribution in [0.3, 0.4) is 0 Å². The van der Waals surface area contributed by atoms with Gasteiger partial charge in [-0.3, -0.25) is 0 Å². The Morgan fingerprint density at radius 1 is 0.327 bits per heavy atom. The Morgan fingerprint density at radius 3 is 1.56 bits per heavy atom. The SMILES string of the molecule is c1ccc(C2(c3ccccc3)c3cc(-c4cc5ccccc5c5ccccc45)ccc3-c3ccc(-c4cccc5c4sc4ccccc45)cc32)cc1. The third-order valence-electron chi connectivity index (χ3n) is 11.3. The Balaban J connectivity index is 1.21. The minimum absolute atomic E-state index is 0.514. The fraction of sp³-hybridized carbons (Fsp3) is 0.0196. The molecule has 9 aromatic carbocycles. The predicted octanol–water partition coefficient (Wildman–Crippen LogP) is 14.1. The molecule has 1 aliphatic carbocycles. The van der Waals surface area contributed by atoms with Crippen molar-refractivity contribution in [1.82, 2.24) is 0 Å². The maximum Gasteiger partial charge on any atom is 0.0713 e. The Labute approximate surface area is 306 Å². The summed E-state index contributed by atoms with van der Waals surface area (Å²) in [6, 6.07) is 72.4. The number of benzene rings is 9. The zero-order valence-electron chi connectivity index (χ0n) is 28.4. The molecule has 0 nitrogen and oxygen atoms in total. The van der Waals surface area contributed by atoms with E-state index < -0.39 is 5.41 Å². The van der Waals surface area contributed by atoms with Crippen LogP contribution in [0.1, 0.15) is 22.3 Å². The minimum Gasteiger partial charge on any atom is -0.135 e. The highest BCUT2D eigenvalue weighted by Crippen LogP contribution is 2.58. The second kappa shape index (κ2) is 11.4. The van der Waals surface area contributed by atoms with E-state index in [-0.39, 0.29) is 0 Å². The average Bonchev–Trinajstić information content (AvgIpc) is 3.74. The van der Waals surface area contributed by atoms with Crippen LogP contribution in [0.4, 0.5) is 0 Å². The molecular formula is C51H32S. The molecule has 52 heavy (non-hydrogen) atoms. The average molecular weight is 677 g/mol. The van der Waals surface area contributed by atoms with Crippen LogP contribution in [0.25, 0.3) is 75.1 Å². The van der Waals surface area contributed by atoms with E-state index in [1.807, 2.05) is 11.3 Å². The molecule has 0 saturated carbocycles. The van der Waals surface area contributed by atoms with Gasteiger partial charge in [0.25, 0.3) is 0 Å². The molecule has 0 amide bonds. The van der Waals surface area contributed by atoms with Gasteiger partial charge >= 0.3 is 0 Å². The number of hydrogen-bond donors (Lipinski definition) is 0. The number of hydrogen-bond acceptors (Lipinski definition) is 1. The van der Waals surface area contributed by atoms with E-state index in [0.717, 1.165) is 0 Å². The summed E-state index contributed by atoms with van der Waals surface area (Å²) >= 11 is 1.90. The predicted molar refractivity (Wildman–Crippen MR) is 223 cm³/mol. The maximum absolute atomic E-state index is 2.50. The molecule has 0 spiro atoms.